The molecule has 1 aliphatic heterocycles. The van der Waals surface area contributed by atoms with Crippen LogP contribution in [-0.2, 0) is 4.74 Å². The Morgan fingerprint density at radius 3 is 2.71 bits per heavy atom. The zero-order valence-electron chi connectivity index (χ0n) is 13.3. The van der Waals surface area contributed by atoms with Gasteiger partial charge in [0, 0.05) is 44.9 Å². The van der Waals surface area contributed by atoms with Crippen LogP contribution in [-0.4, -0.2) is 43.8 Å². The van der Waals surface area contributed by atoms with Gasteiger partial charge >= 0.3 is 0 Å². The summed E-state index contributed by atoms with van der Waals surface area (Å²) >= 11 is 0. The lowest BCUT2D eigenvalue weighted by Crippen LogP contribution is -2.61. The monoisotopic (exact) mass is 288 g/mol. The van der Waals surface area contributed by atoms with Crippen molar-refractivity contribution < 1.29 is 4.74 Å². The van der Waals surface area contributed by atoms with Crippen LogP contribution in [0.5, 0.6) is 0 Å². The highest BCUT2D eigenvalue weighted by Gasteiger charge is 2.45. The summed E-state index contributed by atoms with van der Waals surface area (Å²) in [5.74, 6) is 0.874. The number of nitrogens with zero attached hydrogens (tertiary/aromatic N) is 1. The molecule has 1 N–H and O–H groups in total. The molecule has 1 aromatic rings. The van der Waals surface area contributed by atoms with E-state index in [1.54, 1.807) is 7.11 Å². The molecule has 2 unspecified atom stereocenters. The normalized spacial score (nSPS) is 30.5. The minimum Gasteiger partial charge on any atom is -0.385 e. The Labute approximate surface area is 128 Å². The summed E-state index contributed by atoms with van der Waals surface area (Å²) in [7, 11) is 1.79. The Morgan fingerprint density at radius 2 is 2.05 bits per heavy atom. The van der Waals surface area contributed by atoms with Crippen LogP contribution in [0.15, 0.2) is 30.3 Å². The molecule has 1 saturated carbocycles. The Kier molecular flexibility index (Phi) is 4.63. The summed E-state index contributed by atoms with van der Waals surface area (Å²) in [6.45, 7) is 6.60. The summed E-state index contributed by atoms with van der Waals surface area (Å²) in [5.41, 5.74) is 1.73. The number of ether oxygens (including phenoxy) is 1. The molecule has 0 amide bonds. The number of rotatable bonds is 6. The second-order valence-corrected chi connectivity index (χ2v) is 6.82. The van der Waals surface area contributed by atoms with Crippen molar-refractivity contribution in [3.05, 3.63) is 35.9 Å². The van der Waals surface area contributed by atoms with Crippen LogP contribution in [0.25, 0.3) is 0 Å². The molecule has 1 saturated heterocycles. The van der Waals surface area contributed by atoms with Gasteiger partial charge in [-0.3, -0.25) is 4.90 Å². The number of piperazine rings is 1. The first-order valence-electron chi connectivity index (χ1n) is 8.26. The van der Waals surface area contributed by atoms with Crippen molar-refractivity contribution in [2.75, 3.05) is 33.4 Å². The van der Waals surface area contributed by atoms with E-state index in [0.717, 1.165) is 38.6 Å². The molecule has 0 aromatic heterocycles. The molecule has 2 atom stereocenters. The van der Waals surface area contributed by atoms with Gasteiger partial charge < -0.3 is 10.1 Å². The van der Waals surface area contributed by atoms with Crippen molar-refractivity contribution in [1.29, 1.82) is 0 Å². The van der Waals surface area contributed by atoms with Gasteiger partial charge in [-0.1, -0.05) is 30.3 Å². The molecule has 0 spiro atoms. The lowest BCUT2D eigenvalue weighted by Gasteiger charge is -2.47. The second-order valence-electron chi connectivity index (χ2n) is 6.82. The molecule has 3 rings (SSSR count). The van der Waals surface area contributed by atoms with Crippen LogP contribution in [0.4, 0.5) is 0 Å². The maximum Gasteiger partial charge on any atom is 0.0474 e. The Morgan fingerprint density at radius 1 is 1.29 bits per heavy atom. The molecule has 2 fully saturated rings. The van der Waals surface area contributed by atoms with E-state index in [9.17, 15) is 0 Å². The van der Waals surface area contributed by atoms with Gasteiger partial charge in [0.1, 0.15) is 0 Å². The number of benzene rings is 1. The van der Waals surface area contributed by atoms with Gasteiger partial charge in [-0.25, -0.2) is 0 Å². The van der Waals surface area contributed by atoms with E-state index in [0.29, 0.717) is 11.6 Å². The standard InChI is InChI=1S/C18H28N2O/c1-18(16-9-10-16)14-20(11-6-12-21-2)17(13-19-18)15-7-4-3-5-8-15/h3-5,7-8,16-17,19H,6,9-14H2,1-2H3. The van der Waals surface area contributed by atoms with E-state index in [2.05, 4.69) is 47.5 Å². The van der Waals surface area contributed by atoms with Crippen molar-refractivity contribution in [1.82, 2.24) is 10.2 Å². The molecule has 116 valence electrons. The lowest BCUT2D eigenvalue weighted by atomic mass is 9.89. The topological polar surface area (TPSA) is 24.5 Å². The van der Waals surface area contributed by atoms with Crippen molar-refractivity contribution in [3.63, 3.8) is 0 Å². The molecule has 3 nitrogen and oxygen atoms in total. The van der Waals surface area contributed by atoms with Gasteiger partial charge in [0.15, 0.2) is 0 Å². The fraction of sp³-hybridized carbons (Fsp3) is 0.667. The largest absolute Gasteiger partial charge is 0.385 e. The molecular formula is C18H28N2O. The van der Waals surface area contributed by atoms with Gasteiger partial charge in [0.25, 0.3) is 0 Å². The van der Waals surface area contributed by atoms with Crippen molar-refractivity contribution in [2.24, 2.45) is 5.92 Å². The minimum atomic E-state index is 0.304. The van der Waals surface area contributed by atoms with Gasteiger partial charge in [-0.05, 0) is 37.7 Å². The maximum absolute atomic E-state index is 5.24. The van der Waals surface area contributed by atoms with Crippen LogP contribution in [0.1, 0.15) is 37.8 Å². The zero-order chi connectivity index (χ0) is 14.7. The van der Waals surface area contributed by atoms with Crippen LogP contribution >= 0.6 is 0 Å². The highest BCUT2D eigenvalue weighted by Crippen LogP contribution is 2.42. The second kappa shape index (κ2) is 6.47. The van der Waals surface area contributed by atoms with Crippen LogP contribution < -0.4 is 5.32 Å². The minimum absolute atomic E-state index is 0.304. The number of nitrogens with one attached hydrogen (secondary N) is 1. The molecule has 1 aromatic carbocycles. The Hall–Kier alpha value is -0.900. The first-order chi connectivity index (χ1) is 10.2. The fourth-order valence-electron chi connectivity index (χ4n) is 3.69. The van der Waals surface area contributed by atoms with E-state index in [1.807, 2.05) is 0 Å². The van der Waals surface area contributed by atoms with Gasteiger partial charge in [-0.2, -0.15) is 0 Å². The van der Waals surface area contributed by atoms with E-state index < -0.39 is 0 Å². The highest BCUT2D eigenvalue weighted by molar-refractivity contribution is 5.21. The summed E-state index contributed by atoms with van der Waals surface area (Å²) in [6, 6.07) is 11.4. The number of hydrogen-bond donors (Lipinski definition) is 1. The van der Waals surface area contributed by atoms with E-state index in [-0.39, 0.29) is 0 Å². The molecule has 0 bridgehead atoms. The van der Waals surface area contributed by atoms with Crippen LogP contribution in [0, 0.1) is 5.92 Å². The number of methoxy groups -OCH3 is 1. The summed E-state index contributed by atoms with van der Waals surface area (Å²) < 4.78 is 5.24. The summed E-state index contributed by atoms with van der Waals surface area (Å²) in [6.07, 6.45) is 3.90. The highest BCUT2D eigenvalue weighted by atomic mass is 16.5. The summed E-state index contributed by atoms with van der Waals surface area (Å²) in [4.78, 5) is 2.67. The lowest BCUT2D eigenvalue weighted by molar-refractivity contribution is 0.0653. The Balaban J connectivity index is 1.72. The summed E-state index contributed by atoms with van der Waals surface area (Å²) in [5, 5.41) is 3.85. The third-order valence-corrected chi connectivity index (χ3v) is 5.13. The third-order valence-electron chi connectivity index (χ3n) is 5.13. The van der Waals surface area contributed by atoms with Gasteiger partial charge in [0.05, 0.1) is 0 Å². The van der Waals surface area contributed by atoms with Crippen molar-refractivity contribution >= 4 is 0 Å². The average Bonchev–Trinajstić information content (AvgIpc) is 3.34. The predicted octanol–water partition coefficient (Wildman–Crippen LogP) is 2.84. The van der Waals surface area contributed by atoms with Gasteiger partial charge in [0.2, 0.25) is 0 Å². The fourth-order valence-corrected chi connectivity index (χ4v) is 3.69. The van der Waals surface area contributed by atoms with Crippen LogP contribution in [0.2, 0.25) is 0 Å². The predicted molar refractivity (Wildman–Crippen MR) is 86.4 cm³/mol. The molecule has 21 heavy (non-hydrogen) atoms. The Bertz CT molecular complexity index is 446. The first-order valence-corrected chi connectivity index (χ1v) is 8.26. The quantitative estimate of drug-likeness (QED) is 0.815. The molecule has 1 heterocycles. The van der Waals surface area contributed by atoms with Crippen LogP contribution in [0.3, 0.4) is 0 Å². The zero-order valence-corrected chi connectivity index (χ0v) is 13.3. The smallest absolute Gasteiger partial charge is 0.0474 e. The van der Waals surface area contributed by atoms with E-state index in [4.69, 9.17) is 4.74 Å². The average molecular weight is 288 g/mol. The molecule has 0 radical (unpaired) electrons. The van der Waals surface area contributed by atoms with E-state index in [1.165, 1.54) is 18.4 Å². The maximum atomic E-state index is 5.24. The molecule has 3 heteroatoms. The first kappa shape index (κ1) is 15.0. The SMILES string of the molecule is COCCCN1CC(C)(C2CC2)NCC1c1ccccc1. The van der Waals surface area contributed by atoms with Crippen molar-refractivity contribution in [2.45, 2.75) is 37.8 Å². The third kappa shape index (κ3) is 3.47. The van der Waals surface area contributed by atoms with Crippen molar-refractivity contribution in [3.8, 4) is 0 Å². The van der Waals surface area contributed by atoms with Gasteiger partial charge in [-0.15, -0.1) is 0 Å². The van der Waals surface area contributed by atoms with E-state index >= 15 is 0 Å². The molecule has 2 aliphatic rings. The molecule has 1 aliphatic carbocycles. The molecular weight excluding hydrogens is 260 g/mol. The number of hydrogen-bond acceptors (Lipinski definition) is 3.